The van der Waals surface area contributed by atoms with E-state index in [9.17, 15) is 14.7 Å². The highest BCUT2D eigenvalue weighted by atomic mass is 35.5. The summed E-state index contributed by atoms with van der Waals surface area (Å²) in [5.74, 6) is 0.590. The molecule has 1 aromatic carbocycles. The van der Waals surface area contributed by atoms with Crippen molar-refractivity contribution in [2.45, 2.75) is 13.8 Å². The lowest BCUT2D eigenvalue weighted by molar-refractivity contribution is -0.383. The minimum atomic E-state index is -2.74. The van der Waals surface area contributed by atoms with Crippen molar-refractivity contribution in [1.82, 2.24) is 4.98 Å². The molecule has 0 N–H and O–H groups in total. The fourth-order valence-electron chi connectivity index (χ4n) is 1.84. The van der Waals surface area contributed by atoms with Crippen molar-refractivity contribution >= 4 is 30.6 Å². The third kappa shape index (κ3) is 4.28. The first-order valence-corrected chi connectivity index (χ1v) is 8.37. The number of benzene rings is 1. The van der Waals surface area contributed by atoms with E-state index in [2.05, 4.69) is 4.98 Å². The zero-order chi connectivity index (χ0) is 17.0. The first kappa shape index (κ1) is 17.4. The van der Waals surface area contributed by atoms with E-state index in [1.54, 1.807) is 26.0 Å². The molecule has 0 bridgehead atoms. The summed E-state index contributed by atoms with van der Waals surface area (Å²) in [7, 11) is -2.74. The maximum atomic E-state index is 12.1. The summed E-state index contributed by atoms with van der Waals surface area (Å²) in [6.45, 7) is 3.51. The summed E-state index contributed by atoms with van der Waals surface area (Å²) in [6.07, 6.45) is 1.42. The largest absolute Gasteiger partial charge is 0.439 e. The van der Waals surface area contributed by atoms with Crippen molar-refractivity contribution < 1.29 is 18.7 Å². The molecule has 0 saturated carbocycles. The molecule has 2 rings (SSSR count). The van der Waals surface area contributed by atoms with Crippen molar-refractivity contribution in [3.8, 4) is 11.6 Å². The number of rotatable bonds is 6. The van der Waals surface area contributed by atoms with Crippen LogP contribution < -0.4 is 10.0 Å². The van der Waals surface area contributed by atoms with E-state index in [0.717, 1.165) is 0 Å². The Hall–Kier alpha value is -1.95. The predicted molar refractivity (Wildman–Crippen MR) is 87.4 cm³/mol. The topological polar surface area (TPSA) is 91.6 Å². The average Bonchev–Trinajstić information content (AvgIpc) is 2.51. The van der Waals surface area contributed by atoms with Gasteiger partial charge in [0.15, 0.2) is 0 Å². The molecule has 0 radical (unpaired) electrons. The Morgan fingerprint density at radius 3 is 2.70 bits per heavy atom. The van der Waals surface area contributed by atoms with Gasteiger partial charge in [-0.05, 0) is 25.5 Å². The molecule has 0 aliphatic heterocycles. The molecule has 1 atom stereocenters. The second-order valence-electron chi connectivity index (χ2n) is 4.53. The van der Waals surface area contributed by atoms with Gasteiger partial charge in [-0.25, -0.2) is 4.98 Å². The molecular formula is C14H14ClN2O5P. The van der Waals surface area contributed by atoms with Crippen molar-refractivity contribution in [2.24, 2.45) is 0 Å². The summed E-state index contributed by atoms with van der Waals surface area (Å²) in [5, 5.41) is 11.6. The van der Waals surface area contributed by atoms with Crippen molar-refractivity contribution in [1.29, 1.82) is 0 Å². The molecular weight excluding hydrogens is 343 g/mol. The van der Waals surface area contributed by atoms with E-state index in [0.29, 0.717) is 16.3 Å². The second kappa shape index (κ2) is 7.55. The molecule has 0 spiro atoms. The number of aromatic nitrogens is 1. The Morgan fingerprint density at radius 2 is 2.13 bits per heavy atom. The molecule has 9 heteroatoms. The SMILES string of the molecule is CCO[PH](=O)c1cc(Oc2ccc(Cl)cn2)c(C)cc1[N+](=O)[O-]. The van der Waals surface area contributed by atoms with Gasteiger partial charge in [-0.1, -0.05) is 11.6 Å². The van der Waals surface area contributed by atoms with Crippen LogP contribution in [-0.4, -0.2) is 16.5 Å². The van der Waals surface area contributed by atoms with Crippen LogP contribution in [0, 0.1) is 17.0 Å². The number of hydrogen-bond acceptors (Lipinski definition) is 6. The first-order chi connectivity index (χ1) is 10.9. The Kier molecular flexibility index (Phi) is 5.71. The standard InChI is InChI=1S/C14H14ClN2O5P/c1-3-21-23(20)13-7-12(9(2)6-11(13)17(18)19)22-14-5-4-10(15)8-16-14/h4-8,23H,3H2,1-2H3. The van der Waals surface area contributed by atoms with Crippen LogP contribution in [0.1, 0.15) is 12.5 Å². The van der Waals surface area contributed by atoms with Crippen LogP contribution in [-0.2, 0) is 9.09 Å². The minimum absolute atomic E-state index is 0.0106. The average molecular weight is 357 g/mol. The molecule has 23 heavy (non-hydrogen) atoms. The lowest BCUT2D eigenvalue weighted by Crippen LogP contribution is -2.08. The van der Waals surface area contributed by atoms with Gasteiger partial charge in [0.05, 0.1) is 16.6 Å². The third-order valence-electron chi connectivity index (χ3n) is 2.90. The van der Waals surface area contributed by atoms with E-state index >= 15 is 0 Å². The zero-order valence-corrected chi connectivity index (χ0v) is 14.2. The summed E-state index contributed by atoms with van der Waals surface area (Å²) in [6, 6.07) is 5.84. The van der Waals surface area contributed by atoms with Crippen molar-refractivity contribution in [2.75, 3.05) is 6.61 Å². The Balaban J connectivity index is 2.43. The second-order valence-corrected chi connectivity index (χ2v) is 6.37. The van der Waals surface area contributed by atoms with Crippen molar-refractivity contribution in [3.63, 3.8) is 0 Å². The van der Waals surface area contributed by atoms with Gasteiger partial charge in [-0.3, -0.25) is 14.7 Å². The van der Waals surface area contributed by atoms with E-state index in [1.807, 2.05) is 0 Å². The molecule has 0 saturated heterocycles. The summed E-state index contributed by atoms with van der Waals surface area (Å²) >= 11 is 5.76. The maximum absolute atomic E-state index is 12.1. The summed E-state index contributed by atoms with van der Waals surface area (Å²) in [4.78, 5) is 14.6. The Bertz CT molecular complexity index is 752. The molecule has 7 nitrogen and oxygen atoms in total. The van der Waals surface area contributed by atoms with Crippen LogP contribution in [0.5, 0.6) is 11.6 Å². The van der Waals surface area contributed by atoms with Gasteiger partial charge in [-0.15, -0.1) is 0 Å². The molecule has 2 aromatic rings. The van der Waals surface area contributed by atoms with Crippen LogP contribution in [0.25, 0.3) is 0 Å². The summed E-state index contributed by atoms with van der Waals surface area (Å²) in [5.41, 5.74) is 0.264. The van der Waals surface area contributed by atoms with E-state index in [1.165, 1.54) is 18.3 Å². The van der Waals surface area contributed by atoms with Gasteiger partial charge < -0.3 is 9.26 Å². The van der Waals surface area contributed by atoms with E-state index in [-0.39, 0.29) is 23.5 Å². The minimum Gasteiger partial charge on any atom is -0.439 e. The van der Waals surface area contributed by atoms with Crippen molar-refractivity contribution in [3.05, 3.63) is 51.2 Å². The maximum Gasteiger partial charge on any atom is 0.282 e. The number of pyridine rings is 1. The molecule has 0 aliphatic rings. The van der Waals surface area contributed by atoms with Crippen LogP contribution in [0.15, 0.2) is 30.5 Å². The monoisotopic (exact) mass is 356 g/mol. The highest BCUT2D eigenvalue weighted by molar-refractivity contribution is 7.48. The zero-order valence-electron chi connectivity index (χ0n) is 12.4. The number of ether oxygens (including phenoxy) is 1. The van der Waals surface area contributed by atoms with Gasteiger partial charge in [0.1, 0.15) is 11.1 Å². The predicted octanol–water partition coefficient (Wildman–Crippen LogP) is 3.88. The molecule has 0 fully saturated rings. The quantitative estimate of drug-likeness (QED) is 0.443. The number of nitro groups is 1. The molecule has 1 heterocycles. The van der Waals surface area contributed by atoms with Crippen LogP contribution in [0.4, 0.5) is 5.69 Å². The molecule has 1 aromatic heterocycles. The lowest BCUT2D eigenvalue weighted by Gasteiger charge is -2.11. The van der Waals surface area contributed by atoms with Crippen LogP contribution in [0.2, 0.25) is 5.02 Å². The fraction of sp³-hybridized carbons (Fsp3) is 0.214. The smallest absolute Gasteiger partial charge is 0.282 e. The Labute approximate surface area is 138 Å². The van der Waals surface area contributed by atoms with Gasteiger partial charge in [-0.2, -0.15) is 0 Å². The van der Waals surface area contributed by atoms with Gasteiger partial charge in [0.25, 0.3) is 5.69 Å². The number of halogens is 1. The van der Waals surface area contributed by atoms with E-state index in [4.69, 9.17) is 20.9 Å². The highest BCUT2D eigenvalue weighted by Crippen LogP contribution is 2.33. The number of nitrogens with zero attached hydrogens (tertiary/aromatic N) is 2. The lowest BCUT2D eigenvalue weighted by atomic mass is 10.2. The fourth-order valence-corrected chi connectivity index (χ4v) is 2.99. The molecule has 0 amide bonds. The van der Waals surface area contributed by atoms with Gasteiger partial charge in [0.2, 0.25) is 13.9 Å². The third-order valence-corrected chi connectivity index (χ3v) is 4.51. The summed E-state index contributed by atoms with van der Waals surface area (Å²) < 4.78 is 22.7. The van der Waals surface area contributed by atoms with Crippen LogP contribution in [0.3, 0.4) is 0 Å². The molecule has 0 aliphatic carbocycles. The van der Waals surface area contributed by atoms with Gasteiger partial charge >= 0.3 is 0 Å². The Morgan fingerprint density at radius 1 is 1.39 bits per heavy atom. The number of aryl methyl sites for hydroxylation is 1. The number of hydrogen-bond donors (Lipinski definition) is 0. The first-order valence-electron chi connectivity index (χ1n) is 6.68. The normalized spacial score (nSPS) is 12.0. The highest BCUT2D eigenvalue weighted by Gasteiger charge is 2.22. The number of nitro benzene ring substituents is 1. The van der Waals surface area contributed by atoms with Crippen LogP contribution >= 0.6 is 19.6 Å². The molecule has 1 unspecified atom stereocenters. The van der Waals surface area contributed by atoms with Gasteiger partial charge in [0, 0.05) is 24.4 Å². The molecule has 122 valence electrons. The van der Waals surface area contributed by atoms with E-state index < -0.39 is 13.0 Å².